The van der Waals surface area contributed by atoms with Crippen LogP contribution in [-0.4, -0.2) is 19.9 Å². The van der Waals surface area contributed by atoms with Crippen molar-refractivity contribution in [1.82, 2.24) is 14.8 Å². The second kappa shape index (κ2) is 4.82. The van der Waals surface area contributed by atoms with E-state index in [-0.39, 0.29) is 5.41 Å². The quantitative estimate of drug-likeness (QED) is 0.928. The van der Waals surface area contributed by atoms with E-state index in [0.717, 1.165) is 17.2 Å². The maximum atomic E-state index is 10.4. The predicted octanol–water partition coefficient (Wildman–Crippen LogP) is 2.74. The molecule has 0 saturated carbocycles. The number of aliphatic hydroxyl groups excluding tert-OH is 1. The molecule has 2 heterocycles. The van der Waals surface area contributed by atoms with Gasteiger partial charge in [-0.3, -0.25) is 4.68 Å². The summed E-state index contributed by atoms with van der Waals surface area (Å²) in [5.41, 5.74) is 1.52. The molecule has 4 nitrogen and oxygen atoms in total. The molecule has 0 saturated heterocycles. The predicted molar refractivity (Wildman–Crippen MR) is 72.8 cm³/mol. The van der Waals surface area contributed by atoms with E-state index in [0.29, 0.717) is 5.69 Å². The maximum absolute atomic E-state index is 10.4. The van der Waals surface area contributed by atoms with Crippen LogP contribution < -0.4 is 0 Å². The van der Waals surface area contributed by atoms with Crippen molar-refractivity contribution >= 4 is 11.3 Å². The molecule has 18 heavy (non-hydrogen) atoms. The van der Waals surface area contributed by atoms with Crippen LogP contribution in [0.1, 0.15) is 50.2 Å². The average molecular weight is 265 g/mol. The normalized spacial score (nSPS) is 13.8. The summed E-state index contributed by atoms with van der Waals surface area (Å²) in [7, 11) is 0. The van der Waals surface area contributed by atoms with Crippen molar-refractivity contribution in [3.63, 3.8) is 0 Å². The summed E-state index contributed by atoms with van der Waals surface area (Å²) in [6, 6.07) is 1.84. The van der Waals surface area contributed by atoms with E-state index < -0.39 is 6.10 Å². The molecular weight excluding hydrogens is 246 g/mol. The Labute approximate surface area is 111 Å². The van der Waals surface area contributed by atoms with Crippen molar-refractivity contribution in [3.8, 4) is 0 Å². The Balaban J connectivity index is 2.29. The minimum atomic E-state index is -0.695. The molecule has 5 heteroatoms. The number of nitrogens with zero attached hydrogens (tertiary/aromatic N) is 3. The molecule has 2 aromatic rings. The Bertz CT molecular complexity index is 524. The summed E-state index contributed by atoms with van der Waals surface area (Å²) in [5.74, 6) is 0. The highest BCUT2D eigenvalue weighted by Gasteiger charge is 2.22. The Hall–Kier alpha value is -1.20. The fourth-order valence-corrected chi connectivity index (χ4v) is 2.67. The summed E-state index contributed by atoms with van der Waals surface area (Å²) in [5, 5.41) is 17.5. The third-order valence-electron chi connectivity index (χ3n) is 2.77. The van der Waals surface area contributed by atoms with Crippen molar-refractivity contribution in [3.05, 3.63) is 34.0 Å². The summed E-state index contributed by atoms with van der Waals surface area (Å²) in [6.07, 6.45) is 1.01. The lowest BCUT2D eigenvalue weighted by Crippen LogP contribution is -2.12. The number of thiazole rings is 1. The molecule has 1 atom stereocenters. The molecule has 0 aromatic carbocycles. The van der Waals surface area contributed by atoms with Crippen LogP contribution in [0.4, 0.5) is 0 Å². The summed E-state index contributed by atoms with van der Waals surface area (Å²) in [4.78, 5) is 4.54. The zero-order valence-electron chi connectivity index (χ0n) is 11.2. The van der Waals surface area contributed by atoms with Crippen molar-refractivity contribution in [2.45, 2.75) is 45.8 Å². The number of aliphatic hydroxyl groups is 1. The monoisotopic (exact) mass is 265 g/mol. The fourth-order valence-electron chi connectivity index (χ4n) is 1.75. The van der Waals surface area contributed by atoms with Gasteiger partial charge in [-0.2, -0.15) is 5.10 Å². The first-order chi connectivity index (χ1) is 8.43. The standard InChI is InChI=1S/C13H19N3OS/c1-5-16-10(6-7-14-16)11(17)9-8-18-12(15-9)13(2,3)4/h6-8,11,17H,5H2,1-4H3. The van der Waals surface area contributed by atoms with E-state index >= 15 is 0 Å². The molecule has 0 aliphatic carbocycles. The SMILES string of the molecule is CCn1nccc1C(O)c1csc(C(C)(C)C)n1. The van der Waals surface area contributed by atoms with Gasteiger partial charge in [0.05, 0.1) is 16.4 Å². The van der Waals surface area contributed by atoms with E-state index in [1.807, 2.05) is 18.4 Å². The molecule has 2 aromatic heterocycles. The fraction of sp³-hybridized carbons (Fsp3) is 0.538. The lowest BCUT2D eigenvalue weighted by atomic mass is 9.98. The van der Waals surface area contributed by atoms with E-state index in [9.17, 15) is 5.11 Å². The largest absolute Gasteiger partial charge is 0.380 e. The molecule has 0 aliphatic rings. The van der Waals surface area contributed by atoms with Crippen molar-refractivity contribution in [2.24, 2.45) is 0 Å². The molecule has 98 valence electrons. The van der Waals surface area contributed by atoms with Crippen molar-refractivity contribution < 1.29 is 5.11 Å². The van der Waals surface area contributed by atoms with Crippen molar-refractivity contribution in [1.29, 1.82) is 0 Å². The van der Waals surface area contributed by atoms with Crippen LogP contribution in [0.2, 0.25) is 0 Å². The van der Waals surface area contributed by atoms with Crippen LogP contribution >= 0.6 is 11.3 Å². The highest BCUT2D eigenvalue weighted by atomic mass is 32.1. The molecule has 0 radical (unpaired) electrons. The van der Waals surface area contributed by atoms with Gasteiger partial charge in [0.25, 0.3) is 0 Å². The number of aromatic nitrogens is 3. The van der Waals surface area contributed by atoms with Crippen molar-refractivity contribution in [2.75, 3.05) is 0 Å². The zero-order chi connectivity index (χ0) is 13.3. The van der Waals surface area contributed by atoms with E-state index in [1.54, 1.807) is 22.2 Å². The smallest absolute Gasteiger partial charge is 0.138 e. The summed E-state index contributed by atoms with van der Waals surface area (Å²) < 4.78 is 1.79. The lowest BCUT2D eigenvalue weighted by molar-refractivity contribution is 0.203. The number of rotatable bonds is 3. The molecule has 0 spiro atoms. The highest BCUT2D eigenvalue weighted by molar-refractivity contribution is 7.09. The minimum absolute atomic E-state index is 0.0215. The van der Waals surface area contributed by atoms with Crippen LogP contribution in [-0.2, 0) is 12.0 Å². The molecule has 2 rings (SSSR count). The van der Waals surface area contributed by atoms with Crippen LogP contribution in [0, 0.1) is 0 Å². The second-order valence-electron chi connectivity index (χ2n) is 5.30. The van der Waals surface area contributed by atoms with Gasteiger partial charge in [0.15, 0.2) is 0 Å². The Morgan fingerprint density at radius 2 is 2.17 bits per heavy atom. The van der Waals surface area contributed by atoms with Crippen LogP contribution in [0.5, 0.6) is 0 Å². The topological polar surface area (TPSA) is 50.9 Å². The third-order valence-corrected chi connectivity index (χ3v) is 4.06. The number of hydrogen-bond donors (Lipinski definition) is 1. The van der Waals surface area contributed by atoms with Gasteiger partial charge < -0.3 is 5.11 Å². The lowest BCUT2D eigenvalue weighted by Gasteiger charge is -2.14. The second-order valence-corrected chi connectivity index (χ2v) is 6.16. The summed E-state index contributed by atoms with van der Waals surface area (Å²) in [6.45, 7) is 9.12. The first-order valence-electron chi connectivity index (χ1n) is 6.09. The minimum Gasteiger partial charge on any atom is -0.380 e. The van der Waals surface area contributed by atoms with Crippen LogP contribution in [0.25, 0.3) is 0 Å². The van der Waals surface area contributed by atoms with Gasteiger partial charge in [-0.05, 0) is 13.0 Å². The molecule has 0 fully saturated rings. The van der Waals surface area contributed by atoms with Gasteiger partial charge in [0.1, 0.15) is 6.10 Å². The zero-order valence-corrected chi connectivity index (χ0v) is 12.0. The Morgan fingerprint density at radius 3 is 2.72 bits per heavy atom. The number of hydrogen-bond acceptors (Lipinski definition) is 4. The van der Waals surface area contributed by atoms with Gasteiger partial charge in [-0.1, -0.05) is 20.8 Å². The first kappa shape index (κ1) is 13.2. The van der Waals surface area contributed by atoms with Gasteiger partial charge in [-0.15, -0.1) is 11.3 Å². The van der Waals surface area contributed by atoms with E-state index in [4.69, 9.17) is 0 Å². The summed E-state index contributed by atoms with van der Waals surface area (Å²) >= 11 is 1.59. The average Bonchev–Trinajstić information content (AvgIpc) is 2.96. The molecule has 1 N–H and O–H groups in total. The maximum Gasteiger partial charge on any atom is 0.138 e. The van der Waals surface area contributed by atoms with Gasteiger partial charge in [0.2, 0.25) is 0 Å². The highest BCUT2D eigenvalue weighted by Crippen LogP contribution is 2.29. The molecule has 0 amide bonds. The van der Waals surface area contributed by atoms with Crippen LogP contribution in [0.3, 0.4) is 0 Å². The van der Waals surface area contributed by atoms with Gasteiger partial charge in [0, 0.05) is 23.5 Å². The molecule has 1 unspecified atom stereocenters. The number of aryl methyl sites for hydroxylation is 1. The third kappa shape index (κ3) is 2.47. The van der Waals surface area contributed by atoms with Gasteiger partial charge in [-0.25, -0.2) is 4.98 Å². The van der Waals surface area contributed by atoms with Crippen LogP contribution in [0.15, 0.2) is 17.6 Å². The van der Waals surface area contributed by atoms with Gasteiger partial charge >= 0.3 is 0 Å². The molecular formula is C13H19N3OS. The Kier molecular flexibility index (Phi) is 3.54. The van der Waals surface area contributed by atoms with E-state index in [2.05, 4.69) is 30.9 Å². The molecule has 0 bridgehead atoms. The first-order valence-corrected chi connectivity index (χ1v) is 6.97. The Morgan fingerprint density at radius 1 is 1.44 bits per heavy atom. The van der Waals surface area contributed by atoms with E-state index in [1.165, 1.54) is 0 Å². The molecule has 0 aliphatic heterocycles.